The normalized spacial score (nSPS) is 12.3. The fourth-order valence-corrected chi connectivity index (χ4v) is 2.86. The predicted molar refractivity (Wildman–Crippen MR) is 90.0 cm³/mol. The summed E-state index contributed by atoms with van der Waals surface area (Å²) in [7, 11) is -3.53. The van der Waals surface area contributed by atoms with Crippen molar-refractivity contribution >= 4 is 26.6 Å². The molecule has 2 rings (SSSR count). The maximum Gasteiger partial charge on any atom is 0.235 e. The number of amides is 1. The SMILES string of the molecule is CC(C)(C)S(=O)(=O)CC(=O)NCc1cc(=O)c2ccccc2[nH]1. The Balaban J connectivity index is 2.10. The molecule has 0 radical (unpaired) electrons. The Morgan fingerprint density at radius 3 is 2.52 bits per heavy atom. The quantitative estimate of drug-likeness (QED) is 0.881. The van der Waals surface area contributed by atoms with Gasteiger partial charge >= 0.3 is 0 Å². The molecule has 1 amide bonds. The first-order chi connectivity index (χ1) is 10.6. The first-order valence-electron chi connectivity index (χ1n) is 7.20. The second-order valence-corrected chi connectivity index (χ2v) is 9.10. The molecule has 23 heavy (non-hydrogen) atoms. The van der Waals surface area contributed by atoms with Crippen molar-refractivity contribution in [2.24, 2.45) is 0 Å². The van der Waals surface area contributed by atoms with Gasteiger partial charge in [0.05, 0.1) is 11.3 Å². The number of pyridine rings is 1. The summed E-state index contributed by atoms with van der Waals surface area (Å²) in [5.41, 5.74) is 1.05. The molecule has 0 bridgehead atoms. The van der Waals surface area contributed by atoms with Crippen LogP contribution >= 0.6 is 0 Å². The van der Waals surface area contributed by atoms with Gasteiger partial charge in [-0.3, -0.25) is 9.59 Å². The number of fused-ring (bicyclic) bond motifs is 1. The number of para-hydroxylation sites is 1. The van der Waals surface area contributed by atoms with Gasteiger partial charge in [-0.25, -0.2) is 8.42 Å². The molecular weight excluding hydrogens is 316 g/mol. The van der Waals surface area contributed by atoms with Gasteiger partial charge in [0.1, 0.15) is 5.75 Å². The average Bonchev–Trinajstić information content (AvgIpc) is 2.43. The molecule has 2 N–H and O–H groups in total. The lowest BCUT2D eigenvalue weighted by Gasteiger charge is -2.18. The second-order valence-electron chi connectivity index (χ2n) is 6.35. The summed E-state index contributed by atoms with van der Waals surface area (Å²) in [4.78, 5) is 26.9. The van der Waals surface area contributed by atoms with E-state index >= 15 is 0 Å². The number of benzene rings is 1. The molecule has 2 aromatic rings. The Bertz CT molecular complexity index is 892. The molecule has 0 spiro atoms. The highest BCUT2D eigenvalue weighted by molar-refractivity contribution is 7.93. The number of aromatic amines is 1. The van der Waals surface area contributed by atoms with Gasteiger partial charge in [0.2, 0.25) is 5.91 Å². The third kappa shape index (κ3) is 3.98. The minimum atomic E-state index is -3.53. The molecule has 6 nitrogen and oxygen atoms in total. The highest BCUT2D eigenvalue weighted by Crippen LogP contribution is 2.15. The van der Waals surface area contributed by atoms with Crippen LogP contribution in [-0.4, -0.2) is 29.8 Å². The highest BCUT2D eigenvalue weighted by Gasteiger charge is 2.31. The molecule has 7 heteroatoms. The molecule has 0 aliphatic carbocycles. The average molecular weight is 336 g/mol. The van der Waals surface area contributed by atoms with E-state index in [-0.39, 0.29) is 12.0 Å². The van der Waals surface area contributed by atoms with Gasteiger partial charge in [0.15, 0.2) is 15.3 Å². The number of carbonyl (C=O) groups excluding carboxylic acids is 1. The summed E-state index contributed by atoms with van der Waals surface area (Å²) in [6.07, 6.45) is 0. The second kappa shape index (κ2) is 6.16. The number of nitrogens with one attached hydrogen (secondary N) is 2. The molecule has 1 aromatic carbocycles. The Hall–Kier alpha value is -2.15. The lowest BCUT2D eigenvalue weighted by atomic mass is 10.2. The Morgan fingerprint density at radius 1 is 1.22 bits per heavy atom. The monoisotopic (exact) mass is 336 g/mol. The van der Waals surface area contributed by atoms with Crippen molar-refractivity contribution < 1.29 is 13.2 Å². The van der Waals surface area contributed by atoms with E-state index in [1.165, 1.54) is 6.07 Å². The number of aromatic nitrogens is 1. The van der Waals surface area contributed by atoms with Crippen molar-refractivity contribution in [3.63, 3.8) is 0 Å². The molecule has 0 aliphatic heterocycles. The first-order valence-corrected chi connectivity index (χ1v) is 8.85. The smallest absolute Gasteiger partial charge is 0.235 e. The van der Waals surface area contributed by atoms with Crippen molar-refractivity contribution in [3.8, 4) is 0 Å². The van der Waals surface area contributed by atoms with Crippen LogP contribution in [0, 0.1) is 0 Å². The van der Waals surface area contributed by atoms with E-state index in [0.717, 1.165) is 0 Å². The summed E-state index contributed by atoms with van der Waals surface area (Å²) in [5, 5.41) is 3.10. The first kappa shape index (κ1) is 17.2. The number of carbonyl (C=O) groups is 1. The van der Waals surface area contributed by atoms with Gasteiger partial charge in [-0.2, -0.15) is 0 Å². The molecule has 0 fully saturated rings. The Kier molecular flexibility index (Phi) is 4.61. The number of H-pyrrole nitrogens is 1. The van der Waals surface area contributed by atoms with Crippen molar-refractivity contribution in [2.45, 2.75) is 32.1 Å². The Labute approximate surface area is 134 Å². The topological polar surface area (TPSA) is 96.1 Å². The van der Waals surface area contributed by atoms with Crippen LogP contribution < -0.4 is 10.7 Å². The van der Waals surface area contributed by atoms with Crippen LogP contribution in [0.4, 0.5) is 0 Å². The van der Waals surface area contributed by atoms with E-state index in [4.69, 9.17) is 0 Å². The number of hydrogen-bond acceptors (Lipinski definition) is 4. The van der Waals surface area contributed by atoms with Gasteiger partial charge in [0.25, 0.3) is 0 Å². The van der Waals surface area contributed by atoms with Gasteiger partial charge in [-0.1, -0.05) is 12.1 Å². The van der Waals surface area contributed by atoms with Crippen molar-refractivity contribution in [2.75, 3.05) is 5.75 Å². The molecule has 0 unspecified atom stereocenters. The molecule has 0 atom stereocenters. The van der Waals surface area contributed by atoms with Crippen LogP contribution in [0.25, 0.3) is 10.9 Å². The van der Waals surface area contributed by atoms with Gasteiger partial charge < -0.3 is 10.3 Å². The van der Waals surface area contributed by atoms with Crippen molar-refractivity contribution in [1.82, 2.24) is 10.3 Å². The van der Waals surface area contributed by atoms with Crippen LogP contribution in [0.3, 0.4) is 0 Å². The maximum atomic E-state index is 12.0. The molecule has 124 valence electrons. The summed E-state index contributed by atoms with van der Waals surface area (Å²) in [5.74, 6) is -1.16. The van der Waals surface area contributed by atoms with E-state index < -0.39 is 26.2 Å². The molecule has 1 aromatic heterocycles. The van der Waals surface area contributed by atoms with Crippen LogP contribution in [-0.2, 0) is 21.2 Å². The van der Waals surface area contributed by atoms with E-state index in [1.807, 2.05) is 0 Å². The third-order valence-corrected chi connectivity index (χ3v) is 6.03. The zero-order chi connectivity index (χ0) is 17.3. The van der Waals surface area contributed by atoms with Crippen molar-refractivity contribution in [3.05, 3.63) is 46.2 Å². The lowest BCUT2D eigenvalue weighted by molar-refractivity contribution is -0.118. The van der Waals surface area contributed by atoms with E-state index in [0.29, 0.717) is 16.6 Å². The van der Waals surface area contributed by atoms with Crippen LogP contribution in [0.5, 0.6) is 0 Å². The fraction of sp³-hybridized carbons (Fsp3) is 0.375. The van der Waals surface area contributed by atoms with Gasteiger partial charge in [0, 0.05) is 22.7 Å². The van der Waals surface area contributed by atoms with E-state index in [2.05, 4.69) is 10.3 Å². The third-order valence-electron chi connectivity index (χ3n) is 3.52. The summed E-state index contributed by atoms with van der Waals surface area (Å²) < 4.78 is 23.0. The Morgan fingerprint density at radius 2 is 1.87 bits per heavy atom. The number of hydrogen-bond donors (Lipinski definition) is 2. The predicted octanol–water partition coefficient (Wildman–Crippen LogP) is 1.36. The van der Waals surface area contributed by atoms with Crippen LogP contribution in [0.1, 0.15) is 26.5 Å². The summed E-state index contributed by atoms with van der Waals surface area (Å²) in [6, 6.07) is 8.46. The lowest BCUT2D eigenvalue weighted by Crippen LogP contribution is -2.38. The maximum absolute atomic E-state index is 12.0. The minimum Gasteiger partial charge on any atom is -0.357 e. The molecular formula is C16H20N2O4S. The van der Waals surface area contributed by atoms with Crippen LogP contribution in [0.15, 0.2) is 35.1 Å². The molecule has 0 saturated carbocycles. The summed E-state index contributed by atoms with van der Waals surface area (Å²) >= 11 is 0. The number of sulfone groups is 1. The zero-order valence-electron chi connectivity index (χ0n) is 13.3. The fourth-order valence-electron chi connectivity index (χ4n) is 1.98. The van der Waals surface area contributed by atoms with Crippen LogP contribution in [0.2, 0.25) is 0 Å². The molecule has 0 aliphatic rings. The van der Waals surface area contributed by atoms with E-state index in [1.54, 1.807) is 45.0 Å². The van der Waals surface area contributed by atoms with Crippen molar-refractivity contribution in [1.29, 1.82) is 0 Å². The standard InChI is InChI=1S/C16H20N2O4S/c1-16(2,3)23(21,22)10-15(20)17-9-11-8-14(19)12-6-4-5-7-13(12)18-11/h4-8H,9-10H2,1-3H3,(H,17,20)(H,18,19). The highest BCUT2D eigenvalue weighted by atomic mass is 32.2. The molecule has 1 heterocycles. The van der Waals surface area contributed by atoms with Gasteiger partial charge in [-0.05, 0) is 32.9 Å². The zero-order valence-corrected chi connectivity index (χ0v) is 14.2. The van der Waals surface area contributed by atoms with Gasteiger partial charge in [-0.15, -0.1) is 0 Å². The largest absolute Gasteiger partial charge is 0.357 e. The van der Waals surface area contributed by atoms with E-state index in [9.17, 15) is 18.0 Å². The molecule has 0 saturated heterocycles. The summed E-state index contributed by atoms with van der Waals surface area (Å²) in [6.45, 7) is 4.72. The number of rotatable bonds is 4. The minimum absolute atomic E-state index is 0.0680.